The van der Waals surface area contributed by atoms with E-state index in [-0.39, 0.29) is 12.1 Å². The molecule has 2 aromatic rings. The van der Waals surface area contributed by atoms with Crippen LogP contribution < -0.4 is 10.5 Å². The van der Waals surface area contributed by atoms with E-state index in [4.69, 9.17) is 10.5 Å². The fourth-order valence-corrected chi connectivity index (χ4v) is 3.46. The first kappa shape index (κ1) is 16.4. The van der Waals surface area contributed by atoms with E-state index in [1.54, 1.807) is 11.8 Å². The fraction of sp³-hybridized carbons (Fsp3) is 0.294. The summed E-state index contributed by atoms with van der Waals surface area (Å²) in [5.41, 5.74) is 7.40. The zero-order valence-corrected chi connectivity index (χ0v) is 14.7. The van der Waals surface area contributed by atoms with Gasteiger partial charge < -0.3 is 10.5 Å². The number of ether oxygens (including phenoxy) is 1. The van der Waals surface area contributed by atoms with E-state index in [0.29, 0.717) is 0 Å². The molecule has 0 aliphatic rings. The van der Waals surface area contributed by atoms with Crippen LogP contribution in [0.4, 0.5) is 0 Å². The monoisotopic (exact) mass is 365 g/mol. The van der Waals surface area contributed by atoms with Crippen LogP contribution in [0.2, 0.25) is 0 Å². The average Bonchev–Trinajstić information content (AvgIpc) is 2.46. The minimum absolute atomic E-state index is 0.00945. The predicted octanol–water partition coefficient (Wildman–Crippen LogP) is 5.03. The van der Waals surface area contributed by atoms with Crippen LogP contribution in [0.3, 0.4) is 0 Å². The zero-order chi connectivity index (χ0) is 15.2. The first-order chi connectivity index (χ1) is 10.1. The molecule has 0 aromatic heterocycles. The van der Waals surface area contributed by atoms with E-state index in [0.717, 1.165) is 21.5 Å². The number of benzene rings is 2. The van der Waals surface area contributed by atoms with Gasteiger partial charge in [-0.1, -0.05) is 24.3 Å². The lowest BCUT2D eigenvalue weighted by molar-refractivity contribution is 0.242. The number of hydrogen-bond donors (Lipinski definition) is 1. The van der Waals surface area contributed by atoms with Crippen LogP contribution in [-0.2, 0) is 0 Å². The first-order valence-electron chi connectivity index (χ1n) is 6.96. The molecule has 1 unspecified atom stereocenters. The molecule has 2 rings (SSSR count). The highest BCUT2D eigenvalue weighted by atomic mass is 79.9. The third kappa shape index (κ3) is 5.06. The maximum absolute atomic E-state index is 6.27. The van der Waals surface area contributed by atoms with Gasteiger partial charge in [0.15, 0.2) is 0 Å². The smallest absolute Gasteiger partial charge is 0.119 e. The van der Waals surface area contributed by atoms with E-state index in [1.165, 1.54) is 4.90 Å². The summed E-state index contributed by atoms with van der Waals surface area (Å²) in [5, 5.41) is 0. The molecule has 2 N–H and O–H groups in total. The Morgan fingerprint density at radius 2 is 1.76 bits per heavy atom. The molecule has 2 nitrogen and oxygen atoms in total. The maximum atomic E-state index is 6.27. The summed E-state index contributed by atoms with van der Waals surface area (Å²) >= 11 is 5.32. The molecule has 0 aliphatic carbocycles. The molecule has 0 fully saturated rings. The molecule has 0 spiro atoms. The van der Waals surface area contributed by atoms with Gasteiger partial charge in [-0.05, 0) is 59.6 Å². The number of rotatable bonds is 6. The lowest BCUT2D eigenvalue weighted by Crippen LogP contribution is -2.13. The summed E-state index contributed by atoms with van der Waals surface area (Å²) < 4.78 is 6.76. The summed E-state index contributed by atoms with van der Waals surface area (Å²) in [6, 6.07) is 16.3. The lowest BCUT2D eigenvalue weighted by Gasteiger charge is -2.14. The molecule has 21 heavy (non-hydrogen) atoms. The topological polar surface area (TPSA) is 35.2 Å². The van der Waals surface area contributed by atoms with Crippen LogP contribution in [0.5, 0.6) is 5.75 Å². The Labute approximate surface area is 139 Å². The van der Waals surface area contributed by atoms with Crippen molar-refractivity contribution in [2.75, 3.05) is 5.75 Å². The number of nitrogens with two attached hydrogens (primary N) is 1. The van der Waals surface area contributed by atoms with E-state index >= 15 is 0 Å². The van der Waals surface area contributed by atoms with Crippen molar-refractivity contribution in [2.45, 2.75) is 30.9 Å². The van der Waals surface area contributed by atoms with Crippen LogP contribution in [0.1, 0.15) is 25.5 Å². The largest absolute Gasteiger partial charge is 0.491 e. The van der Waals surface area contributed by atoms with Gasteiger partial charge in [-0.2, -0.15) is 0 Å². The molecule has 1 atom stereocenters. The van der Waals surface area contributed by atoms with Gasteiger partial charge in [-0.25, -0.2) is 0 Å². The molecule has 0 saturated heterocycles. The van der Waals surface area contributed by atoms with Crippen LogP contribution in [0.25, 0.3) is 0 Å². The van der Waals surface area contributed by atoms with Gasteiger partial charge in [-0.15, -0.1) is 11.8 Å². The molecule has 0 amide bonds. The van der Waals surface area contributed by atoms with E-state index in [2.05, 4.69) is 22.0 Å². The number of hydrogen-bond acceptors (Lipinski definition) is 3. The maximum Gasteiger partial charge on any atom is 0.119 e. The van der Waals surface area contributed by atoms with Crippen molar-refractivity contribution in [1.29, 1.82) is 0 Å². The predicted molar refractivity (Wildman–Crippen MR) is 94.0 cm³/mol. The SMILES string of the molecule is CC(C)Oc1ccc(C(N)CSc2ccccc2Br)cc1. The van der Waals surface area contributed by atoms with Crippen LogP contribution in [-0.4, -0.2) is 11.9 Å². The van der Waals surface area contributed by atoms with E-state index in [1.807, 2.05) is 56.3 Å². The standard InChI is InChI=1S/C17H20BrNOS/c1-12(2)20-14-9-7-13(8-10-14)16(19)11-21-17-6-4-3-5-15(17)18/h3-10,12,16H,11,19H2,1-2H3. The molecule has 0 bridgehead atoms. The molecular formula is C17H20BrNOS. The van der Waals surface area contributed by atoms with Crippen molar-refractivity contribution >= 4 is 27.7 Å². The highest BCUT2D eigenvalue weighted by molar-refractivity contribution is 9.10. The second-order valence-corrected chi connectivity index (χ2v) is 7.00. The molecule has 0 aliphatic heterocycles. The highest BCUT2D eigenvalue weighted by Gasteiger charge is 2.08. The molecule has 0 heterocycles. The highest BCUT2D eigenvalue weighted by Crippen LogP contribution is 2.30. The number of halogens is 1. The fourth-order valence-electron chi connectivity index (χ4n) is 1.90. The lowest BCUT2D eigenvalue weighted by atomic mass is 10.1. The van der Waals surface area contributed by atoms with Gasteiger partial charge in [0.05, 0.1) is 6.10 Å². The molecule has 0 radical (unpaired) electrons. The van der Waals surface area contributed by atoms with E-state index in [9.17, 15) is 0 Å². The molecular weight excluding hydrogens is 346 g/mol. The van der Waals surface area contributed by atoms with Crippen molar-refractivity contribution in [3.8, 4) is 5.75 Å². The Morgan fingerprint density at radius 3 is 2.38 bits per heavy atom. The number of thioether (sulfide) groups is 1. The van der Waals surface area contributed by atoms with Crippen molar-refractivity contribution < 1.29 is 4.74 Å². The van der Waals surface area contributed by atoms with Crippen LogP contribution in [0, 0.1) is 0 Å². The van der Waals surface area contributed by atoms with Gasteiger partial charge in [0, 0.05) is 21.2 Å². The van der Waals surface area contributed by atoms with Crippen molar-refractivity contribution in [3.63, 3.8) is 0 Å². The summed E-state index contributed by atoms with van der Waals surface area (Å²) in [6.45, 7) is 4.04. The van der Waals surface area contributed by atoms with Crippen LogP contribution >= 0.6 is 27.7 Å². The minimum atomic E-state index is 0.00945. The van der Waals surface area contributed by atoms with Gasteiger partial charge in [-0.3, -0.25) is 0 Å². The quantitative estimate of drug-likeness (QED) is 0.729. The normalized spacial score (nSPS) is 12.4. The Hall–Kier alpha value is -0.970. The van der Waals surface area contributed by atoms with E-state index < -0.39 is 0 Å². The van der Waals surface area contributed by atoms with Crippen molar-refractivity contribution in [1.82, 2.24) is 0 Å². The van der Waals surface area contributed by atoms with Crippen molar-refractivity contribution in [2.24, 2.45) is 5.73 Å². The molecule has 0 saturated carbocycles. The van der Waals surface area contributed by atoms with Crippen LogP contribution in [0.15, 0.2) is 57.9 Å². The Balaban J connectivity index is 1.94. The first-order valence-corrected chi connectivity index (χ1v) is 8.73. The molecule has 2 aromatic carbocycles. The second kappa shape index (κ2) is 7.87. The Kier molecular flexibility index (Phi) is 6.15. The summed E-state index contributed by atoms with van der Waals surface area (Å²) in [6.07, 6.45) is 0.190. The molecule has 4 heteroatoms. The molecule has 112 valence electrons. The average molecular weight is 366 g/mol. The summed E-state index contributed by atoms with van der Waals surface area (Å²) in [7, 11) is 0. The van der Waals surface area contributed by atoms with Gasteiger partial charge in [0.1, 0.15) is 5.75 Å². The Morgan fingerprint density at radius 1 is 1.10 bits per heavy atom. The zero-order valence-electron chi connectivity index (χ0n) is 12.3. The summed E-state index contributed by atoms with van der Waals surface area (Å²) in [4.78, 5) is 1.22. The Bertz CT molecular complexity index is 571. The third-order valence-corrected chi connectivity index (χ3v) is 5.08. The third-order valence-electron chi connectivity index (χ3n) is 2.94. The van der Waals surface area contributed by atoms with Crippen molar-refractivity contribution in [3.05, 3.63) is 58.6 Å². The summed E-state index contributed by atoms with van der Waals surface area (Å²) in [5.74, 6) is 1.73. The second-order valence-electron chi connectivity index (χ2n) is 5.08. The van der Waals surface area contributed by atoms with Gasteiger partial charge in [0.2, 0.25) is 0 Å². The minimum Gasteiger partial charge on any atom is -0.491 e. The van der Waals surface area contributed by atoms with Gasteiger partial charge >= 0.3 is 0 Å². The van der Waals surface area contributed by atoms with Gasteiger partial charge in [0.25, 0.3) is 0 Å².